The van der Waals surface area contributed by atoms with Crippen LogP contribution in [-0.4, -0.2) is 28.9 Å². The Morgan fingerprint density at radius 3 is 2.59 bits per heavy atom. The molecule has 0 spiro atoms. The second-order valence-corrected chi connectivity index (χ2v) is 7.46. The standard InChI is InChI=1S/C26H29N3O2.ClH/c1-2-30-26-19-24(23-13-9-16-27-23)29-25(26)18-21-15-14-20(28-21)10-5-4-8-17-31-22-11-6-3-7-12-22;/h3,6-7,9,11-16,18-19,27-28H,2,4-5,8,10,17H2,1H3;1H. The Kier molecular flexibility index (Phi) is 8.81. The number of halogens is 1. The summed E-state index contributed by atoms with van der Waals surface area (Å²) >= 11 is 0. The molecule has 2 N–H and O–H groups in total. The van der Waals surface area contributed by atoms with Crippen molar-refractivity contribution < 1.29 is 9.47 Å². The first-order chi connectivity index (χ1) is 15.3. The van der Waals surface area contributed by atoms with Gasteiger partial charge in [-0.15, -0.1) is 12.4 Å². The second kappa shape index (κ2) is 12.0. The zero-order valence-corrected chi connectivity index (χ0v) is 19.2. The molecule has 3 heterocycles. The number of ether oxygens (including phenoxy) is 2. The molecular formula is C26H30ClN3O2. The minimum Gasteiger partial charge on any atom is -0.494 e. The van der Waals surface area contributed by atoms with Crippen molar-refractivity contribution in [1.29, 1.82) is 0 Å². The van der Waals surface area contributed by atoms with E-state index >= 15 is 0 Å². The SMILES string of the molecule is CCOC1=CC(c2ccc[nH]2)=NC1=Cc1ccc(CCCCCOc2ccccc2)[nH]1.Cl. The Hall–Kier alpha value is -3.18. The number of para-hydroxylation sites is 1. The predicted molar refractivity (Wildman–Crippen MR) is 133 cm³/mol. The van der Waals surface area contributed by atoms with Gasteiger partial charge in [-0.25, -0.2) is 4.99 Å². The van der Waals surface area contributed by atoms with Crippen molar-refractivity contribution in [2.75, 3.05) is 13.2 Å². The Morgan fingerprint density at radius 2 is 1.81 bits per heavy atom. The zero-order valence-electron chi connectivity index (χ0n) is 18.3. The maximum atomic E-state index is 5.80. The Bertz CT molecular complexity index is 1050. The minimum atomic E-state index is 0. The van der Waals surface area contributed by atoms with Crippen LogP contribution in [-0.2, 0) is 11.2 Å². The van der Waals surface area contributed by atoms with Crippen LogP contribution >= 0.6 is 12.4 Å². The van der Waals surface area contributed by atoms with Gasteiger partial charge in [-0.2, -0.15) is 0 Å². The van der Waals surface area contributed by atoms with E-state index in [1.807, 2.05) is 61.7 Å². The summed E-state index contributed by atoms with van der Waals surface area (Å²) in [6, 6.07) is 18.2. The summed E-state index contributed by atoms with van der Waals surface area (Å²) in [5.41, 5.74) is 5.01. The smallest absolute Gasteiger partial charge is 0.147 e. The molecule has 5 nitrogen and oxygen atoms in total. The molecule has 0 radical (unpaired) electrons. The molecule has 0 bridgehead atoms. The molecule has 2 aromatic heterocycles. The van der Waals surface area contributed by atoms with Gasteiger partial charge in [0.15, 0.2) is 0 Å². The summed E-state index contributed by atoms with van der Waals surface area (Å²) in [6.45, 7) is 3.36. The van der Waals surface area contributed by atoms with Crippen LogP contribution in [0.15, 0.2) is 83.3 Å². The molecule has 1 aliphatic rings. The third kappa shape index (κ3) is 6.41. The number of aromatic nitrogens is 2. The number of nitrogens with zero attached hydrogens (tertiary/aromatic N) is 1. The van der Waals surface area contributed by atoms with Gasteiger partial charge < -0.3 is 19.4 Å². The first kappa shape index (κ1) is 23.5. The highest BCUT2D eigenvalue weighted by atomic mass is 35.5. The first-order valence-electron chi connectivity index (χ1n) is 11.0. The van der Waals surface area contributed by atoms with Crippen molar-refractivity contribution in [1.82, 2.24) is 9.97 Å². The molecule has 0 amide bonds. The van der Waals surface area contributed by atoms with Gasteiger partial charge in [0.05, 0.1) is 24.6 Å². The lowest BCUT2D eigenvalue weighted by Gasteiger charge is -2.05. The first-order valence-corrected chi connectivity index (χ1v) is 11.0. The molecule has 6 heteroatoms. The Labute approximate surface area is 195 Å². The highest BCUT2D eigenvalue weighted by Gasteiger charge is 2.17. The highest BCUT2D eigenvalue weighted by Crippen LogP contribution is 2.25. The van der Waals surface area contributed by atoms with E-state index in [4.69, 9.17) is 14.5 Å². The number of aromatic amines is 2. The molecule has 0 atom stereocenters. The number of benzene rings is 1. The van der Waals surface area contributed by atoms with Gasteiger partial charge in [0.25, 0.3) is 0 Å². The number of aryl methyl sites for hydroxylation is 1. The van der Waals surface area contributed by atoms with E-state index in [9.17, 15) is 0 Å². The maximum Gasteiger partial charge on any atom is 0.147 e. The van der Waals surface area contributed by atoms with Crippen molar-refractivity contribution in [2.24, 2.45) is 4.99 Å². The van der Waals surface area contributed by atoms with E-state index in [2.05, 4.69) is 28.2 Å². The number of allylic oxidation sites excluding steroid dienone is 1. The van der Waals surface area contributed by atoms with E-state index in [0.29, 0.717) is 6.61 Å². The van der Waals surface area contributed by atoms with Gasteiger partial charge in [0, 0.05) is 23.7 Å². The lowest BCUT2D eigenvalue weighted by molar-refractivity contribution is 0.239. The highest BCUT2D eigenvalue weighted by molar-refractivity contribution is 6.11. The van der Waals surface area contributed by atoms with Crippen molar-refractivity contribution in [2.45, 2.75) is 32.6 Å². The van der Waals surface area contributed by atoms with E-state index in [1.54, 1.807) is 0 Å². The fourth-order valence-corrected chi connectivity index (χ4v) is 3.55. The van der Waals surface area contributed by atoms with Crippen LogP contribution in [0.2, 0.25) is 0 Å². The average Bonchev–Trinajstić information content (AvgIpc) is 3.54. The van der Waals surface area contributed by atoms with Crippen molar-refractivity contribution in [3.8, 4) is 5.75 Å². The number of aliphatic imine (C=N–C) groups is 1. The minimum absolute atomic E-state index is 0. The Balaban J connectivity index is 0.00000289. The molecule has 0 saturated heterocycles. The third-order valence-electron chi connectivity index (χ3n) is 5.10. The van der Waals surface area contributed by atoms with E-state index in [0.717, 1.165) is 66.6 Å². The molecule has 168 valence electrons. The number of hydrogen-bond donors (Lipinski definition) is 2. The molecule has 4 rings (SSSR count). The molecule has 32 heavy (non-hydrogen) atoms. The number of H-pyrrole nitrogens is 2. The molecule has 0 fully saturated rings. The summed E-state index contributed by atoms with van der Waals surface area (Å²) < 4.78 is 11.6. The molecule has 0 unspecified atom stereocenters. The van der Waals surface area contributed by atoms with E-state index in [-0.39, 0.29) is 12.4 Å². The number of nitrogens with one attached hydrogen (secondary N) is 2. The molecule has 0 aliphatic carbocycles. The Morgan fingerprint density at radius 1 is 0.938 bits per heavy atom. The van der Waals surface area contributed by atoms with Crippen molar-refractivity contribution in [3.05, 3.63) is 95.4 Å². The monoisotopic (exact) mass is 451 g/mol. The second-order valence-electron chi connectivity index (χ2n) is 7.46. The molecule has 1 aliphatic heterocycles. The number of unbranched alkanes of at least 4 members (excludes halogenated alkanes) is 2. The van der Waals surface area contributed by atoms with Crippen molar-refractivity contribution >= 4 is 24.2 Å². The van der Waals surface area contributed by atoms with Crippen LogP contribution in [0, 0.1) is 0 Å². The molecule has 3 aromatic rings. The van der Waals surface area contributed by atoms with Gasteiger partial charge in [-0.05, 0) is 75.1 Å². The van der Waals surface area contributed by atoms with Crippen molar-refractivity contribution in [3.63, 3.8) is 0 Å². The van der Waals surface area contributed by atoms with Crippen LogP contribution in [0.25, 0.3) is 6.08 Å². The lowest BCUT2D eigenvalue weighted by atomic mass is 10.1. The third-order valence-corrected chi connectivity index (χ3v) is 5.10. The van der Waals surface area contributed by atoms with Crippen LogP contribution in [0.3, 0.4) is 0 Å². The summed E-state index contributed by atoms with van der Waals surface area (Å²) in [4.78, 5) is 11.5. The summed E-state index contributed by atoms with van der Waals surface area (Å²) in [5.74, 6) is 1.75. The fourth-order valence-electron chi connectivity index (χ4n) is 3.55. The molecular weight excluding hydrogens is 422 g/mol. The van der Waals surface area contributed by atoms with E-state index in [1.165, 1.54) is 5.69 Å². The maximum absolute atomic E-state index is 5.80. The van der Waals surface area contributed by atoms with Gasteiger partial charge in [0.2, 0.25) is 0 Å². The van der Waals surface area contributed by atoms with Crippen LogP contribution in [0.4, 0.5) is 0 Å². The summed E-state index contributed by atoms with van der Waals surface area (Å²) in [5, 5.41) is 0. The predicted octanol–water partition coefficient (Wildman–Crippen LogP) is 6.32. The number of hydrogen-bond acceptors (Lipinski definition) is 3. The summed E-state index contributed by atoms with van der Waals surface area (Å²) in [6.07, 6.45) is 10.3. The zero-order chi connectivity index (χ0) is 21.3. The lowest BCUT2D eigenvalue weighted by Crippen LogP contribution is -1.97. The van der Waals surface area contributed by atoms with Gasteiger partial charge >= 0.3 is 0 Å². The quantitative estimate of drug-likeness (QED) is 0.335. The van der Waals surface area contributed by atoms with Crippen LogP contribution in [0.5, 0.6) is 5.75 Å². The van der Waals surface area contributed by atoms with Gasteiger partial charge in [0.1, 0.15) is 17.2 Å². The molecule has 0 saturated carbocycles. The number of rotatable bonds is 11. The van der Waals surface area contributed by atoms with E-state index < -0.39 is 0 Å². The summed E-state index contributed by atoms with van der Waals surface area (Å²) in [7, 11) is 0. The van der Waals surface area contributed by atoms with Gasteiger partial charge in [-0.3, -0.25) is 0 Å². The normalized spacial score (nSPS) is 14.1. The van der Waals surface area contributed by atoms with Gasteiger partial charge in [-0.1, -0.05) is 18.2 Å². The largest absolute Gasteiger partial charge is 0.494 e. The topological polar surface area (TPSA) is 62.4 Å². The van der Waals surface area contributed by atoms with Crippen LogP contribution in [0.1, 0.15) is 43.3 Å². The average molecular weight is 452 g/mol. The van der Waals surface area contributed by atoms with Crippen LogP contribution < -0.4 is 4.74 Å². The molecule has 1 aromatic carbocycles. The fraction of sp³-hybridized carbons (Fsp3) is 0.269.